The van der Waals surface area contributed by atoms with Crippen molar-refractivity contribution in [3.05, 3.63) is 66.5 Å². The van der Waals surface area contributed by atoms with Crippen LogP contribution in [0, 0.1) is 5.82 Å². The lowest BCUT2D eigenvalue weighted by molar-refractivity contribution is -0.136. The molecule has 3 heterocycles. The maximum atomic E-state index is 13.7. The lowest BCUT2D eigenvalue weighted by Crippen LogP contribution is -2.39. The number of nitrogens with one attached hydrogen (secondary N) is 1. The van der Waals surface area contributed by atoms with Crippen molar-refractivity contribution in [3.63, 3.8) is 0 Å². The SMILES string of the molecule is COCCC(=O)N1CCCCC1c1nc(Nc2cccc(F)c2)cc(-c2cccnc2)n1. The molecule has 32 heavy (non-hydrogen) atoms. The molecule has 0 spiro atoms. The van der Waals surface area contributed by atoms with Crippen LogP contribution in [-0.4, -0.2) is 46.0 Å². The highest BCUT2D eigenvalue weighted by molar-refractivity contribution is 5.77. The normalized spacial score (nSPS) is 16.1. The van der Waals surface area contributed by atoms with Crippen molar-refractivity contribution in [1.82, 2.24) is 19.9 Å². The second-order valence-electron chi connectivity index (χ2n) is 7.72. The highest BCUT2D eigenvalue weighted by atomic mass is 19.1. The zero-order chi connectivity index (χ0) is 22.3. The number of methoxy groups -OCH3 is 1. The molecule has 0 bridgehead atoms. The largest absolute Gasteiger partial charge is 0.384 e. The van der Waals surface area contributed by atoms with Gasteiger partial charge in [-0.25, -0.2) is 14.4 Å². The van der Waals surface area contributed by atoms with E-state index in [0.29, 0.717) is 42.6 Å². The van der Waals surface area contributed by atoms with E-state index in [1.54, 1.807) is 31.6 Å². The van der Waals surface area contributed by atoms with Gasteiger partial charge in [0.1, 0.15) is 11.6 Å². The first-order valence-electron chi connectivity index (χ1n) is 10.7. The smallest absolute Gasteiger partial charge is 0.225 e. The Morgan fingerprint density at radius 1 is 1.22 bits per heavy atom. The Morgan fingerprint density at radius 3 is 2.91 bits per heavy atom. The number of halogens is 1. The standard InChI is InChI=1S/C24H26FN5O2/c1-32-13-10-23(31)30-12-3-2-9-21(30)24-28-20(17-6-5-11-26-16-17)15-22(29-24)27-19-8-4-7-18(25)14-19/h4-8,11,14-16,21H,2-3,9-10,12-13H2,1H3,(H,27,28,29). The summed E-state index contributed by atoms with van der Waals surface area (Å²) in [6.45, 7) is 1.05. The number of nitrogens with zero attached hydrogens (tertiary/aromatic N) is 4. The van der Waals surface area contributed by atoms with Gasteiger partial charge in [0.25, 0.3) is 0 Å². The molecule has 1 aliphatic heterocycles. The van der Waals surface area contributed by atoms with E-state index in [2.05, 4.69) is 10.3 Å². The lowest BCUT2D eigenvalue weighted by atomic mass is 10.0. The fourth-order valence-corrected chi connectivity index (χ4v) is 3.89. The molecule has 1 unspecified atom stereocenters. The highest BCUT2D eigenvalue weighted by Crippen LogP contribution is 2.32. The van der Waals surface area contributed by atoms with Gasteiger partial charge in [-0.05, 0) is 49.6 Å². The molecule has 1 saturated heterocycles. The number of carbonyl (C=O) groups is 1. The van der Waals surface area contributed by atoms with Crippen molar-refractivity contribution in [2.75, 3.05) is 25.6 Å². The molecule has 166 valence electrons. The third-order valence-electron chi connectivity index (χ3n) is 5.44. The Balaban J connectivity index is 1.71. The van der Waals surface area contributed by atoms with Crippen LogP contribution in [0.2, 0.25) is 0 Å². The van der Waals surface area contributed by atoms with E-state index >= 15 is 0 Å². The Morgan fingerprint density at radius 2 is 2.12 bits per heavy atom. The third-order valence-corrected chi connectivity index (χ3v) is 5.44. The fraction of sp³-hybridized carbons (Fsp3) is 0.333. The van der Waals surface area contributed by atoms with Crippen LogP contribution < -0.4 is 5.32 Å². The van der Waals surface area contributed by atoms with Gasteiger partial charge in [-0.3, -0.25) is 9.78 Å². The zero-order valence-corrected chi connectivity index (χ0v) is 18.0. The van der Waals surface area contributed by atoms with Crippen molar-refractivity contribution in [2.45, 2.75) is 31.7 Å². The quantitative estimate of drug-likeness (QED) is 0.588. The molecule has 7 nitrogen and oxygen atoms in total. The number of carbonyl (C=O) groups excluding carboxylic acids is 1. The summed E-state index contributed by atoms with van der Waals surface area (Å²) in [6.07, 6.45) is 6.49. The van der Waals surface area contributed by atoms with Crippen molar-refractivity contribution in [2.24, 2.45) is 0 Å². The van der Waals surface area contributed by atoms with Gasteiger partial charge in [0.15, 0.2) is 5.82 Å². The van der Waals surface area contributed by atoms with Crippen molar-refractivity contribution in [3.8, 4) is 11.3 Å². The summed E-state index contributed by atoms with van der Waals surface area (Å²) in [5, 5.41) is 3.18. The van der Waals surface area contributed by atoms with Gasteiger partial charge in [-0.15, -0.1) is 0 Å². The van der Waals surface area contributed by atoms with E-state index < -0.39 is 0 Å². The average Bonchev–Trinajstić information content (AvgIpc) is 2.83. The summed E-state index contributed by atoms with van der Waals surface area (Å²) in [6, 6.07) is 11.6. The molecule has 1 aromatic carbocycles. The van der Waals surface area contributed by atoms with E-state index in [9.17, 15) is 9.18 Å². The summed E-state index contributed by atoms with van der Waals surface area (Å²) in [7, 11) is 1.59. The monoisotopic (exact) mass is 435 g/mol. The number of hydrogen-bond acceptors (Lipinski definition) is 6. The van der Waals surface area contributed by atoms with E-state index in [0.717, 1.165) is 24.8 Å². The predicted molar refractivity (Wildman–Crippen MR) is 120 cm³/mol. The van der Waals surface area contributed by atoms with Crippen LogP contribution in [0.15, 0.2) is 54.9 Å². The van der Waals surface area contributed by atoms with Gasteiger partial charge in [0.05, 0.1) is 24.8 Å². The lowest BCUT2D eigenvalue weighted by Gasteiger charge is -2.35. The van der Waals surface area contributed by atoms with E-state index in [4.69, 9.17) is 14.7 Å². The van der Waals surface area contributed by atoms with Crippen molar-refractivity contribution >= 4 is 17.4 Å². The Hall–Kier alpha value is -3.39. The molecule has 0 radical (unpaired) electrons. The Labute approximate surface area is 186 Å². The molecular weight excluding hydrogens is 409 g/mol. The van der Waals surface area contributed by atoms with Crippen molar-refractivity contribution in [1.29, 1.82) is 0 Å². The molecule has 1 atom stereocenters. The second-order valence-corrected chi connectivity index (χ2v) is 7.72. The maximum absolute atomic E-state index is 13.7. The summed E-state index contributed by atoms with van der Waals surface area (Å²) < 4.78 is 18.8. The Kier molecular flexibility index (Phi) is 7.01. The molecule has 1 fully saturated rings. The van der Waals surface area contributed by atoms with Crippen LogP contribution in [0.4, 0.5) is 15.9 Å². The number of ether oxygens (including phenoxy) is 1. The van der Waals surface area contributed by atoms with Gasteiger partial charge < -0.3 is 15.0 Å². The van der Waals surface area contributed by atoms with Gasteiger partial charge in [0, 0.05) is 43.4 Å². The number of rotatable bonds is 7. The van der Waals surface area contributed by atoms with Crippen LogP contribution in [-0.2, 0) is 9.53 Å². The maximum Gasteiger partial charge on any atom is 0.225 e. The highest BCUT2D eigenvalue weighted by Gasteiger charge is 2.30. The first-order chi connectivity index (χ1) is 15.6. The van der Waals surface area contributed by atoms with Gasteiger partial charge in [0.2, 0.25) is 5.91 Å². The van der Waals surface area contributed by atoms with Crippen LogP contribution >= 0.6 is 0 Å². The number of piperidine rings is 1. The molecule has 3 aromatic rings. The molecule has 4 rings (SSSR count). The van der Waals surface area contributed by atoms with Gasteiger partial charge in [-0.1, -0.05) is 6.07 Å². The minimum atomic E-state index is -0.334. The van der Waals surface area contributed by atoms with Crippen LogP contribution in [0.5, 0.6) is 0 Å². The van der Waals surface area contributed by atoms with E-state index in [-0.39, 0.29) is 17.8 Å². The van der Waals surface area contributed by atoms with Gasteiger partial charge in [-0.2, -0.15) is 0 Å². The molecule has 1 amide bonds. The first-order valence-corrected chi connectivity index (χ1v) is 10.7. The number of pyridine rings is 1. The fourth-order valence-electron chi connectivity index (χ4n) is 3.89. The molecule has 0 aliphatic carbocycles. The molecule has 2 aromatic heterocycles. The van der Waals surface area contributed by atoms with Crippen LogP contribution in [0.3, 0.4) is 0 Å². The molecular formula is C24H26FN5O2. The number of hydrogen-bond donors (Lipinski definition) is 1. The first kappa shape index (κ1) is 21.8. The van der Waals surface area contributed by atoms with Gasteiger partial charge >= 0.3 is 0 Å². The molecule has 8 heteroatoms. The summed E-state index contributed by atoms with van der Waals surface area (Å²) in [4.78, 5) is 28.4. The summed E-state index contributed by atoms with van der Waals surface area (Å²) >= 11 is 0. The Bertz CT molecular complexity index is 1060. The number of aromatic nitrogens is 3. The van der Waals surface area contributed by atoms with Crippen LogP contribution in [0.1, 0.15) is 37.5 Å². The molecule has 0 saturated carbocycles. The topological polar surface area (TPSA) is 80.2 Å². The van der Waals surface area contributed by atoms with E-state index in [1.807, 2.05) is 23.1 Å². The summed E-state index contributed by atoms with van der Waals surface area (Å²) in [5.74, 6) is 0.801. The average molecular weight is 436 g/mol. The number of amides is 1. The zero-order valence-electron chi connectivity index (χ0n) is 18.0. The molecule has 1 N–H and O–H groups in total. The molecule has 1 aliphatic rings. The second kappa shape index (κ2) is 10.3. The van der Waals surface area contributed by atoms with E-state index in [1.165, 1.54) is 12.1 Å². The minimum absolute atomic E-state index is 0.0339. The van der Waals surface area contributed by atoms with Crippen molar-refractivity contribution < 1.29 is 13.9 Å². The summed E-state index contributed by atoms with van der Waals surface area (Å²) in [5.41, 5.74) is 2.12. The minimum Gasteiger partial charge on any atom is -0.384 e. The number of anilines is 2. The third kappa shape index (κ3) is 5.26. The number of benzene rings is 1. The van der Waals surface area contributed by atoms with Crippen LogP contribution in [0.25, 0.3) is 11.3 Å². The predicted octanol–water partition coefficient (Wildman–Crippen LogP) is 4.51. The number of likely N-dealkylation sites (tertiary alicyclic amines) is 1.